The first-order chi connectivity index (χ1) is 27.6. The first-order valence-corrected chi connectivity index (χ1v) is 24.1. The second-order valence-corrected chi connectivity index (χ2v) is 19.3. The molecule has 320 valence electrons. The van der Waals surface area contributed by atoms with Crippen molar-refractivity contribution in [3.8, 4) is 0 Å². The Morgan fingerprint density at radius 2 is 0.930 bits per heavy atom. The highest BCUT2D eigenvalue weighted by Crippen LogP contribution is 2.48. The molecule has 57 heavy (non-hydrogen) atoms. The van der Waals surface area contributed by atoms with E-state index >= 15 is 0 Å². The number of imide groups is 2. The smallest absolute Gasteiger partial charge is 0.233 e. The molecule has 1 N–H and O–H groups in total. The zero-order chi connectivity index (χ0) is 40.8. The van der Waals surface area contributed by atoms with Gasteiger partial charge in [-0.3, -0.25) is 39.0 Å². The SMILES string of the molecule is CCCCCCCCC1C(CCCCCC)CCC(CCCCCC2(C)C(=O)C=CC2=O)C1CCCCCCCCN1C(=O)C2CC3C(=O)NC(=O)C3CC2C1=O. The molecule has 8 unspecified atom stereocenters. The Balaban J connectivity index is 1.09. The zero-order valence-electron chi connectivity index (χ0n) is 36.2. The topological polar surface area (TPSA) is 118 Å². The molecule has 2 aliphatic heterocycles. The maximum atomic E-state index is 13.2. The molecule has 5 aliphatic rings. The zero-order valence-corrected chi connectivity index (χ0v) is 36.2. The number of ketones is 2. The van der Waals surface area contributed by atoms with E-state index in [1.165, 1.54) is 145 Å². The number of likely N-dealkylation sites (tertiary alicyclic amines) is 1. The summed E-state index contributed by atoms with van der Waals surface area (Å²) in [5, 5.41) is 2.39. The highest BCUT2D eigenvalue weighted by molar-refractivity contribution is 6.22. The minimum Gasteiger partial charge on any atom is -0.296 e. The third-order valence-electron chi connectivity index (χ3n) is 15.5. The van der Waals surface area contributed by atoms with Gasteiger partial charge in [-0.25, -0.2) is 0 Å². The standard InChI is InChI=1S/C49H78N2O6/c1-4-6-8-10-13-19-25-37-35(23-17-9-7-5-2)27-28-36(24-18-16-21-31-49(3)43(52)29-30-44(49)53)38(37)26-20-14-11-12-15-22-32-51-47(56)41-33-39-40(34-42(41)48(51)57)46(55)50-45(39)54/h29-30,35-42H,4-28,31-34H2,1-3H3,(H,50,54,55). The molecule has 4 amide bonds. The van der Waals surface area contributed by atoms with E-state index in [1.54, 1.807) is 0 Å². The lowest BCUT2D eigenvalue weighted by Gasteiger charge is -2.44. The minimum absolute atomic E-state index is 0.0178. The summed E-state index contributed by atoms with van der Waals surface area (Å²) >= 11 is 0. The second-order valence-electron chi connectivity index (χ2n) is 19.3. The molecule has 2 saturated heterocycles. The van der Waals surface area contributed by atoms with Crippen molar-refractivity contribution < 1.29 is 28.8 Å². The maximum Gasteiger partial charge on any atom is 0.233 e. The summed E-state index contributed by atoms with van der Waals surface area (Å²) in [4.78, 5) is 77.2. The molecule has 0 aromatic carbocycles. The van der Waals surface area contributed by atoms with Crippen molar-refractivity contribution in [2.45, 2.75) is 201 Å². The molecule has 2 heterocycles. The fraction of sp³-hybridized carbons (Fsp3) is 0.837. The number of carbonyl (C=O) groups is 6. The molecule has 0 aromatic heterocycles. The largest absolute Gasteiger partial charge is 0.296 e. The number of allylic oxidation sites excluding steroid dienone is 2. The average Bonchev–Trinajstić information content (AvgIpc) is 3.73. The van der Waals surface area contributed by atoms with Gasteiger partial charge in [0.15, 0.2) is 11.6 Å². The van der Waals surface area contributed by atoms with Crippen LogP contribution in [0.25, 0.3) is 0 Å². The van der Waals surface area contributed by atoms with E-state index in [4.69, 9.17) is 0 Å². The van der Waals surface area contributed by atoms with Gasteiger partial charge in [-0.1, -0.05) is 142 Å². The van der Waals surface area contributed by atoms with Crippen LogP contribution in [0, 0.1) is 52.8 Å². The van der Waals surface area contributed by atoms with Crippen molar-refractivity contribution >= 4 is 35.2 Å². The van der Waals surface area contributed by atoms with Gasteiger partial charge in [0.2, 0.25) is 23.6 Å². The average molecular weight is 791 g/mol. The number of rotatable bonds is 27. The monoisotopic (exact) mass is 791 g/mol. The van der Waals surface area contributed by atoms with Gasteiger partial charge < -0.3 is 0 Å². The normalized spacial score (nSPS) is 29.4. The third kappa shape index (κ3) is 11.8. The van der Waals surface area contributed by atoms with Crippen molar-refractivity contribution in [1.82, 2.24) is 10.2 Å². The second kappa shape index (κ2) is 22.7. The molecule has 0 bridgehead atoms. The predicted molar refractivity (Wildman–Crippen MR) is 226 cm³/mol. The number of amides is 4. The number of carbonyl (C=O) groups excluding carboxylic acids is 6. The summed E-state index contributed by atoms with van der Waals surface area (Å²) < 4.78 is 0. The van der Waals surface area contributed by atoms with Crippen LogP contribution in [0.5, 0.6) is 0 Å². The Kier molecular flexibility index (Phi) is 18.1. The van der Waals surface area contributed by atoms with Crippen LogP contribution in [0.4, 0.5) is 0 Å². The van der Waals surface area contributed by atoms with Crippen LogP contribution in [-0.2, 0) is 28.8 Å². The molecule has 0 radical (unpaired) electrons. The fourth-order valence-corrected chi connectivity index (χ4v) is 11.8. The van der Waals surface area contributed by atoms with Crippen LogP contribution in [0.2, 0.25) is 0 Å². The number of unbranched alkanes of at least 4 members (excludes halogenated alkanes) is 15. The fourth-order valence-electron chi connectivity index (χ4n) is 11.8. The maximum absolute atomic E-state index is 13.2. The van der Waals surface area contributed by atoms with Crippen molar-refractivity contribution in [2.75, 3.05) is 6.54 Å². The van der Waals surface area contributed by atoms with Gasteiger partial charge in [-0.2, -0.15) is 0 Å². The summed E-state index contributed by atoms with van der Waals surface area (Å²) in [5.74, 6) is 0.569. The lowest BCUT2D eigenvalue weighted by Crippen LogP contribution is -2.35. The first-order valence-electron chi connectivity index (χ1n) is 24.1. The van der Waals surface area contributed by atoms with Crippen LogP contribution < -0.4 is 5.32 Å². The summed E-state index contributed by atoms with van der Waals surface area (Å²) in [6.45, 7) is 6.89. The molecule has 8 nitrogen and oxygen atoms in total. The molecule has 0 aromatic rings. The number of fused-ring (bicyclic) bond motifs is 2. The molecule has 0 spiro atoms. The summed E-state index contributed by atoms with van der Waals surface area (Å²) in [7, 11) is 0. The van der Waals surface area contributed by atoms with Crippen LogP contribution in [-0.4, -0.2) is 46.6 Å². The van der Waals surface area contributed by atoms with Crippen molar-refractivity contribution in [3.05, 3.63) is 12.2 Å². The molecule has 5 rings (SSSR count). The van der Waals surface area contributed by atoms with Crippen LogP contribution >= 0.6 is 0 Å². The molecule has 4 fully saturated rings. The predicted octanol–water partition coefficient (Wildman–Crippen LogP) is 10.6. The Bertz CT molecular complexity index is 1350. The Morgan fingerprint density at radius 3 is 1.42 bits per heavy atom. The van der Waals surface area contributed by atoms with E-state index in [2.05, 4.69) is 19.2 Å². The Morgan fingerprint density at radius 1 is 0.526 bits per heavy atom. The van der Waals surface area contributed by atoms with E-state index < -0.39 is 29.1 Å². The number of nitrogens with zero attached hydrogens (tertiary/aromatic N) is 1. The highest BCUT2D eigenvalue weighted by atomic mass is 16.2. The van der Waals surface area contributed by atoms with Gasteiger partial charge in [-0.15, -0.1) is 0 Å². The molecular formula is C49H78N2O6. The van der Waals surface area contributed by atoms with Crippen LogP contribution in [0.1, 0.15) is 201 Å². The van der Waals surface area contributed by atoms with E-state index in [0.29, 0.717) is 25.8 Å². The van der Waals surface area contributed by atoms with Crippen LogP contribution in [0.15, 0.2) is 12.2 Å². The van der Waals surface area contributed by atoms with Crippen molar-refractivity contribution in [1.29, 1.82) is 0 Å². The Hall–Kier alpha value is -2.64. The molecule has 8 atom stereocenters. The summed E-state index contributed by atoms with van der Waals surface area (Å²) in [6.07, 6.45) is 35.7. The van der Waals surface area contributed by atoms with Gasteiger partial charge in [-0.05, 0) is 94.1 Å². The first kappa shape index (κ1) is 45.4. The van der Waals surface area contributed by atoms with Gasteiger partial charge in [0.05, 0.1) is 29.1 Å². The van der Waals surface area contributed by atoms with Gasteiger partial charge in [0.1, 0.15) is 0 Å². The van der Waals surface area contributed by atoms with E-state index in [-0.39, 0.29) is 35.2 Å². The van der Waals surface area contributed by atoms with Gasteiger partial charge in [0, 0.05) is 6.54 Å². The lowest BCUT2D eigenvalue weighted by molar-refractivity contribution is -0.140. The molecule has 8 heteroatoms. The number of nitrogens with one attached hydrogen (secondary N) is 1. The Labute approximate surface area is 345 Å². The number of hydrogen-bond acceptors (Lipinski definition) is 6. The third-order valence-corrected chi connectivity index (χ3v) is 15.5. The van der Waals surface area contributed by atoms with Gasteiger partial charge >= 0.3 is 0 Å². The van der Waals surface area contributed by atoms with Gasteiger partial charge in [0.25, 0.3) is 0 Å². The summed E-state index contributed by atoms with van der Waals surface area (Å²) in [5.41, 5.74) is -0.828. The van der Waals surface area contributed by atoms with Crippen LogP contribution in [0.3, 0.4) is 0 Å². The van der Waals surface area contributed by atoms with E-state index in [1.807, 2.05) is 6.92 Å². The molecule has 2 saturated carbocycles. The van der Waals surface area contributed by atoms with Crippen molar-refractivity contribution in [3.63, 3.8) is 0 Å². The quantitative estimate of drug-likeness (QED) is 0.0503. The van der Waals surface area contributed by atoms with E-state index in [0.717, 1.165) is 55.8 Å². The molecule has 3 aliphatic carbocycles. The highest BCUT2D eigenvalue weighted by Gasteiger charge is 2.57. The number of hydrogen-bond donors (Lipinski definition) is 1. The van der Waals surface area contributed by atoms with Crippen molar-refractivity contribution in [2.24, 2.45) is 52.8 Å². The summed E-state index contributed by atoms with van der Waals surface area (Å²) in [6, 6.07) is 0. The minimum atomic E-state index is -0.828. The lowest BCUT2D eigenvalue weighted by atomic mass is 9.61. The molecular weight excluding hydrogens is 713 g/mol. The van der Waals surface area contributed by atoms with E-state index in [9.17, 15) is 28.8 Å².